The van der Waals surface area contributed by atoms with Crippen LogP contribution in [0.25, 0.3) is 0 Å². The fourth-order valence-electron chi connectivity index (χ4n) is 1.87. The fourth-order valence-corrected chi connectivity index (χ4v) is 1.99. The predicted molar refractivity (Wildman–Crippen MR) is 84.8 cm³/mol. The number of hydrogen-bond donors (Lipinski definition) is 3. The molecule has 0 radical (unpaired) electrons. The van der Waals surface area contributed by atoms with Gasteiger partial charge in [0.1, 0.15) is 16.5 Å². The highest BCUT2D eigenvalue weighted by Crippen LogP contribution is 2.25. The van der Waals surface area contributed by atoms with Crippen LogP contribution in [0.3, 0.4) is 0 Å². The highest BCUT2D eigenvalue weighted by Gasteiger charge is 2.17. The van der Waals surface area contributed by atoms with Crippen molar-refractivity contribution in [3.8, 4) is 11.5 Å². The molecule has 0 aromatic heterocycles. The van der Waals surface area contributed by atoms with E-state index < -0.39 is 5.91 Å². The third-order valence-corrected chi connectivity index (χ3v) is 3.27. The van der Waals surface area contributed by atoms with Gasteiger partial charge in [0.05, 0.1) is 5.56 Å². The quantitative estimate of drug-likeness (QED) is 0.755. The third-order valence-electron chi connectivity index (χ3n) is 3.03. The number of anilines is 1. The second kappa shape index (κ2) is 5.80. The Balaban J connectivity index is 2.35. The summed E-state index contributed by atoms with van der Waals surface area (Å²) in [6.45, 7) is 0. The minimum Gasteiger partial charge on any atom is -0.508 e. The van der Waals surface area contributed by atoms with Gasteiger partial charge >= 0.3 is 0 Å². The lowest BCUT2D eigenvalue weighted by molar-refractivity contribution is 0.0990. The van der Waals surface area contributed by atoms with Crippen LogP contribution in [0.15, 0.2) is 42.5 Å². The van der Waals surface area contributed by atoms with Crippen LogP contribution in [0.4, 0.5) is 5.69 Å². The molecule has 5 nitrogen and oxygen atoms in total. The summed E-state index contributed by atoms with van der Waals surface area (Å²) in [6, 6.07) is 10.7. The largest absolute Gasteiger partial charge is 0.508 e. The molecule has 1 amide bonds. The molecule has 0 unspecified atom stereocenters. The average Bonchev–Trinajstić information content (AvgIpc) is 2.46. The summed E-state index contributed by atoms with van der Waals surface area (Å²) in [5, 5.41) is 19.0. The Bertz CT molecular complexity index is 716. The smallest absolute Gasteiger partial charge is 0.261 e. The Hall–Kier alpha value is -2.60. The Morgan fingerprint density at radius 2 is 1.90 bits per heavy atom. The van der Waals surface area contributed by atoms with Gasteiger partial charge in [-0.15, -0.1) is 0 Å². The third kappa shape index (κ3) is 3.11. The lowest BCUT2D eigenvalue weighted by Crippen LogP contribution is -2.26. The van der Waals surface area contributed by atoms with Crippen molar-refractivity contribution in [2.75, 3.05) is 11.9 Å². The summed E-state index contributed by atoms with van der Waals surface area (Å²) in [5.41, 5.74) is 6.91. The number of hydrogen-bond acceptors (Lipinski definition) is 4. The van der Waals surface area contributed by atoms with Crippen molar-refractivity contribution >= 4 is 28.8 Å². The van der Waals surface area contributed by atoms with Crippen LogP contribution in [0.5, 0.6) is 11.5 Å². The summed E-state index contributed by atoms with van der Waals surface area (Å²) in [7, 11) is 1.58. The zero-order valence-electron chi connectivity index (χ0n) is 11.3. The Kier molecular flexibility index (Phi) is 4.09. The lowest BCUT2D eigenvalue weighted by Gasteiger charge is -2.18. The zero-order chi connectivity index (χ0) is 15.6. The molecule has 0 saturated carbocycles. The molecule has 0 aliphatic heterocycles. The first-order valence-electron chi connectivity index (χ1n) is 6.10. The van der Waals surface area contributed by atoms with Gasteiger partial charge in [0, 0.05) is 24.4 Å². The Morgan fingerprint density at radius 1 is 1.19 bits per heavy atom. The van der Waals surface area contributed by atoms with E-state index in [2.05, 4.69) is 0 Å². The van der Waals surface area contributed by atoms with Gasteiger partial charge in [-0.2, -0.15) is 0 Å². The van der Waals surface area contributed by atoms with Crippen LogP contribution in [0, 0.1) is 0 Å². The number of benzene rings is 2. The second-order valence-corrected chi connectivity index (χ2v) is 4.92. The van der Waals surface area contributed by atoms with Gasteiger partial charge in [-0.1, -0.05) is 24.4 Å². The van der Waals surface area contributed by atoms with Crippen LogP contribution in [-0.4, -0.2) is 28.2 Å². The van der Waals surface area contributed by atoms with E-state index in [0.717, 1.165) is 6.07 Å². The standard InChI is InChI=1S/C15H14N2O3S/c1-17(10-4-2-3-9(7-10)14(16)21)15(20)12-6-5-11(18)8-13(12)19/h2-8,18-19H,1H3,(H2,16,21). The minimum atomic E-state index is -0.410. The van der Waals surface area contributed by atoms with E-state index >= 15 is 0 Å². The Labute approximate surface area is 127 Å². The maximum Gasteiger partial charge on any atom is 0.261 e. The molecule has 2 aromatic carbocycles. The van der Waals surface area contributed by atoms with Crippen molar-refractivity contribution in [1.29, 1.82) is 0 Å². The molecule has 0 bridgehead atoms. The van der Waals surface area contributed by atoms with E-state index in [1.165, 1.54) is 17.0 Å². The molecule has 0 aliphatic carbocycles. The van der Waals surface area contributed by atoms with E-state index in [9.17, 15) is 15.0 Å². The van der Waals surface area contributed by atoms with E-state index in [1.807, 2.05) is 0 Å². The first-order chi connectivity index (χ1) is 9.90. The van der Waals surface area contributed by atoms with Crippen molar-refractivity contribution in [3.63, 3.8) is 0 Å². The fraction of sp³-hybridized carbons (Fsp3) is 0.0667. The molecular weight excluding hydrogens is 288 g/mol. The number of thiocarbonyl (C=S) groups is 1. The average molecular weight is 302 g/mol. The van der Waals surface area contributed by atoms with Gasteiger partial charge in [0.2, 0.25) is 0 Å². The van der Waals surface area contributed by atoms with Crippen LogP contribution < -0.4 is 10.6 Å². The number of nitrogens with two attached hydrogens (primary N) is 1. The topological polar surface area (TPSA) is 86.8 Å². The molecular formula is C15H14N2O3S. The number of amides is 1. The number of carbonyl (C=O) groups is 1. The molecule has 0 spiro atoms. The summed E-state index contributed by atoms with van der Waals surface area (Å²) in [5.74, 6) is -0.799. The van der Waals surface area contributed by atoms with Crippen LogP contribution in [0.2, 0.25) is 0 Å². The molecule has 2 rings (SSSR count). The summed E-state index contributed by atoms with van der Waals surface area (Å²) >= 11 is 4.91. The molecule has 0 aliphatic rings. The first kappa shape index (κ1) is 14.8. The normalized spacial score (nSPS) is 10.1. The highest BCUT2D eigenvalue weighted by atomic mass is 32.1. The first-order valence-corrected chi connectivity index (χ1v) is 6.51. The van der Waals surface area contributed by atoms with E-state index in [-0.39, 0.29) is 22.1 Å². The molecule has 0 fully saturated rings. The summed E-state index contributed by atoms with van der Waals surface area (Å²) in [4.78, 5) is 14.0. The number of phenolic OH excluding ortho intramolecular Hbond substituents is 2. The number of phenols is 2. The van der Waals surface area contributed by atoms with Gasteiger partial charge < -0.3 is 20.8 Å². The summed E-state index contributed by atoms with van der Waals surface area (Å²) < 4.78 is 0. The maximum atomic E-state index is 12.4. The molecule has 2 aromatic rings. The van der Waals surface area contributed by atoms with E-state index in [0.29, 0.717) is 11.3 Å². The highest BCUT2D eigenvalue weighted by molar-refractivity contribution is 7.80. The zero-order valence-corrected chi connectivity index (χ0v) is 12.1. The summed E-state index contributed by atoms with van der Waals surface area (Å²) in [6.07, 6.45) is 0. The van der Waals surface area contributed by atoms with Crippen LogP contribution in [-0.2, 0) is 0 Å². The SMILES string of the molecule is CN(C(=O)c1ccc(O)cc1O)c1cccc(C(N)=S)c1. The molecule has 6 heteroatoms. The molecule has 4 N–H and O–H groups in total. The van der Waals surface area contributed by atoms with Gasteiger partial charge in [-0.05, 0) is 24.3 Å². The van der Waals surface area contributed by atoms with E-state index in [4.69, 9.17) is 18.0 Å². The molecule has 0 heterocycles. The Morgan fingerprint density at radius 3 is 2.52 bits per heavy atom. The van der Waals surface area contributed by atoms with Crippen molar-refractivity contribution < 1.29 is 15.0 Å². The molecule has 0 atom stereocenters. The monoisotopic (exact) mass is 302 g/mol. The van der Waals surface area contributed by atoms with Gasteiger partial charge in [-0.3, -0.25) is 4.79 Å². The van der Waals surface area contributed by atoms with Crippen molar-refractivity contribution in [2.45, 2.75) is 0 Å². The van der Waals surface area contributed by atoms with Gasteiger partial charge in [0.25, 0.3) is 5.91 Å². The number of rotatable bonds is 3. The molecule has 108 valence electrons. The van der Waals surface area contributed by atoms with Crippen molar-refractivity contribution in [3.05, 3.63) is 53.6 Å². The van der Waals surface area contributed by atoms with Gasteiger partial charge in [-0.25, -0.2) is 0 Å². The molecule has 21 heavy (non-hydrogen) atoms. The maximum absolute atomic E-state index is 12.4. The van der Waals surface area contributed by atoms with Crippen molar-refractivity contribution in [1.82, 2.24) is 0 Å². The molecule has 0 saturated heterocycles. The predicted octanol–water partition coefficient (Wildman–Crippen LogP) is 2.01. The lowest BCUT2D eigenvalue weighted by atomic mass is 10.1. The number of nitrogens with zero attached hydrogens (tertiary/aromatic N) is 1. The number of carbonyl (C=O) groups excluding carboxylic acids is 1. The second-order valence-electron chi connectivity index (χ2n) is 4.48. The minimum absolute atomic E-state index is 0.0935. The van der Waals surface area contributed by atoms with Crippen LogP contribution in [0.1, 0.15) is 15.9 Å². The number of aromatic hydroxyl groups is 2. The van der Waals surface area contributed by atoms with Crippen LogP contribution >= 0.6 is 12.2 Å². The van der Waals surface area contributed by atoms with E-state index in [1.54, 1.807) is 31.3 Å². The van der Waals surface area contributed by atoms with Crippen molar-refractivity contribution in [2.24, 2.45) is 5.73 Å². The van der Waals surface area contributed by atoms with Gasteiger partial charge in [0.15, 0.2) is 0 Å².